The van der Waals surface area contributed by atoms with Crippen LogP contribution >= 0.6 is 11.6 Å². The van der Waals surface area contributed by atoms with Gasteiger partial charge < -0.3 is 19.6 Å². The fourth-order valence-electron chi connectivity index (χ4n) is 9.65. The largest absolute Gasteiger partial charge is 0.371 e. The Hall–Kier alpha value is -5.45. The average molecular weight is 789 g/mol. The van der Waals surface area contributed by atoms with E-state index in [1.807, 2.05) is 41.3 Å². The molecule has 57 heavy (non-hydrogen) atoms. The third-order valence-electron chi connectivity index (χ3n) is 13.2. The minimum Gasteiger partial charge on any atom is -0.371 e. The number of benzene rings is 3. The number of halogens is 1. The molecular formula is C43H45ClN8O5. The molecule has 14 heteroatoms. The predicted octanol–water partition coefficient (Wildman–Crippen LogP) is 4.15. The van der Waals surface area contributed by atoms with Crippen LogP contribution in [0.3, 0.4) is 0 Å². The van der Waals surface area contributed by atoms with Crippen LogP contribution in [0.15, 0.2) is 60.7 Å². The van der Waals surface area contributed by atoms with E-state index < -0.39 is 29.7 Å². The monoisotopic (exact) mass is 788 g/mol. The zero-order valence-corrected chi connectivity index (χ0v) is 32.5. The number of anilines is 3. The van der Waals surface area contributed by atoms with E-state index >= 15 is 0 Å². The van der Waals surface area contributed by atoms with Gasteiger partial charge in [0.1, 0.15) is 12.1 Å². The summed E-state index contributed by atoms with van der Waals surface area (Å²) in [5.74, 6) is -1.95. The second-order valence-electron chi connectivity index (χ2n) is 16.4. The number of carbonyl (C=O) groups excluding carboxylic acids is 5. The van der Waals surface area contributed by atoms with Gasteiger partial charge in [0.05, 0.1) is 21.7 Å². The number of hydrogen-bond acceptors (Lipinski definition) is 10. The minimum atomic E-state index is -0.983. The van der Waals surface area contributed by atoms with Gasteiger partial charge in [0, 0.05) is 101 Å². The SMILES string of the molecule is N#Cc1ccc(N2CCC3(CCN(c4ccc(C(=O)N5CCCN(C6CN(c7ccc8c(c7)C(=O)N(C7CCC(=O)NC7=O)C8=O)C6)CC5)cc4)CC3)C2)cc1Cl. The van der Waals surface area contributed by atoms with Crippen LogP contribution in [0.4, 0.5) is 17.1 Å². The lowest BCUT2D eigenvalue weighted by Gasteiger charge is -2.46. The number of amides is 5. The maximum atomic E-state index is 13.7. The summed E-state index contributed by atoms with van der Waals surface area (Å²) in [6.07, 6.45) is 4.46. The van der Waals surface area contributed by atoms with Gasteiger partial charge >= 0.3 is 0 Å². The number of imide groups is 2. The van der Waals surface area contributed by atoms with E-state index in [-0.39, 0.29) is 35.3 Å². The van der Waals surface area contributed by atoms with Gasteiger partial charge in [0.25, 0.3) is 17.7 Å². The molecule has 3 aromatic rings. The molecule has 1 N–H and O–H groups in total. The molecule has 0 aromatic heterocycles. The van der Waals surface area contributed by atoms with Crippen molar-refractivity contribution in [2.75, 3.05) is 80.1 Å². The maximum Gasteiger partial charge on any atom is 0.262 e. The molecule has 294 valence electrons. The molecule has 6 aliphatic rings. The molecular weight excluding hydrogens is 744 g/mol. The Bertz CT molecular complexity index is 2190. The Morgan fingerprint density at radius 2 is 1.44 bits per heavy atom. The van der Waals surface area contributed by atoms with Gasteiger partial charge in [-0.15, -0.1) is 0 Å². The van der Waals surface area contributed by atoms with Crippen molar-refractivity contribution < 1.29 is 24.0 Å². The second-order valence-corrected chi connectivity index (χ2v) is 16.8. The number of hydrogen-bond donors (Lipinski definition) is 1. The fourth-order valence-corrected chi connectivity index (χ4v) is 9.87. The lowest BCUT2D eigenvalue weighted by atomic mass is 9.77. The highest BCUT2D eigenvalue weighted by molar-refractivity contribution is 6.32. The summed E-state index contributed by atoms with van der Waals surface area (Å²) < 4.78 is 0. The third-order valence-corrected chi connectivity index (χ3v) is 13.5. The standard InChI is InChI=1S/C43H45ClN8O5/c44-36-23-32(7-4-29(36)24-45)50-19-14-43(27-50)12-17-48(18-13-43)30-5-2-28(3-6-30)40(55)49-16-1-15-47(20-21-49)33-25-51(26-33)31-8-9-34-35(22-31)42(57)52(41(34)56)37-10-11-38(53)46-39(37)54/h2-9,22-23,33,37H,1,10-21,25-27H2,(H,46,53,54). The van der Waals surface area contributed by atoms with Crippen molar-refractivity contribution in [3.05, 3.63) is 87.9 Å². The lowest BCUT2D eigenvalue weighted by Crippen LogP contribution is -2.60. The molecule has 6 heterocycles. The van der Waals surface area contributed by atoms with E-state index in [0.717, 1.165) is 100 Å². The predicted molar refractivity (Wildman–Crippen MR) is 215 cm³/mol. The quantitative estimate of drug-likeness (QED) is 0.363. The van der Waals surface area contributed by atoms with Crippen LogP contribution in [0.1, 0.15) is 75.2 Å². The number of rotatable bonds is 6. The molecule has 6 aliphatic heterocycles. The van der Waals surface area contributed by atoms with E-state index in [0.29, 0.717) is 35.3 Å². The van der Waals surface area contributed by atoms with Crippen LogP contribution in [0.25, 0.3) is 0 Å². The first-order valence-electron chi connectivity index (χ1n) is 20.0. The molecule has 1 atom stereocenters. The molecule has 1 unspecified atom stereocenters. The number of nitriles is 1. The van der Waals surface area contributed by atoms with Gasteiger partial charge in [-0.05, 0) is 98.2 Å². The minimum absolute atomic E-state index is 0.0638. The summed E-state index contributed by atoms with van der Waals surface area (Å²) >= 11 is 6.33. The van der Waals surface area contributed by atoms with Crippen LogP contribution in [0.5, 0.6) is 0 Å². The van der Waals surface area contributed by atoms with Crippen molar-refractivity contribution in [2.24, 2.45) is 5.41 Å². The summed E-state index contributed by atoms with van der Waals surface area (Å²) in [5, 5.41) is 12.0. The number of nitrogens with zero attached hydrogens (tertiary/aromatic N) is 7. The second kappa shape index (κ2) is 14.8. The van der Waals surface area contributed by atoms with Crippen molar-refractivity contribution in [3.63, 3.8) is 0 Å². The van der Waals surface area contributed by atoms with Gasteiger partial charge in [-0.25, -0.2) is 0 Å². The number of nitrogens with one attached hydrogen (secondary N) is 1. The molecule has 9 rings (SSSR count). The van der Waals surface area contributed by atoms with Crippen LogP contribution < -0.4 is 20.0 Å². The van der Waals surface area contributed by atoms with Crippen molar-refractivity contribution in [1.29, 1.82) is 5.26 Å². The zero-order chi connectivity index (χ0) is 39.4. The molecule has 3 aromatic carbocycles. The summed E-state index contributed by atoms with van der Waals surface area (Å²) in [7, 11) is 0. The smallest absolute Gasteiger partial charge is 0.262 e. The number of carbonyl (C=O) groups is 5. The Balaban J connectivity index is 0.748. The van der Waals surface area contributed by atoms with Gasteiger partial charge in [-0.3, -0.25) is 39.1 Å². The first kappa shape index (κ1) is 37.1. The van der Waals surface area contributed by atoms with E-state index in [2.05, 4.69) is 43.1 Å². The van der Waals surface area contributed by atoms with E-state index in [1.54, 1.807) is 12.1 Å². The first-order valence-corrected chi connectivity index (χ1v) is 20.4. The Morgan fingerprint density at radius 3 is 2.16 bits per heavy atom. The number of fused-ring (bicyclic) bond motifs is 1. The Labute approximate surface area is 336 Å². The van der Waals surface area contributed by atoms with Gasteiger partial charge in [-0.1, -0.05) is 11.6 Å². The topological polar surface area (TPSA) is 141 Å². The molecule has 5 saturated heterocycles. The van der Waals surface area contributed by atoms with Gasteiger partial charge in [0.2, 0.25) is 11.8 Å². The summed E-state index contributed by atoms with van der Waals surface area (Å²) in [6.45, 7) is 8.53. The molecule has 0 saturated carbocycles. The van der Waals surface area contributed by atoms with Crippen molar-refractivity contribution >= 4 is 58.2 Å². The van der Waals surface area contributed by atoms with Crippen LogP contribution in [0, 0.1) is 16.7 Å². The molecule has 0 radical (unpaired) electrons. The zero-order valence-electron chi connectivity index (χ0n) is 31.8. The summed E-state index contributed by atoms with van der Waals surface area (Å²) in [6, 6.07) is 20.6. The molecule has 5 amide bonds. The average Bonchev–Trinajstić information content (AvgIpc) is 3.60. The van der Waals surface area contributed by atoms with Crippen molar-refractivity contribution in [2.45, 2.75) is 50.6 Å². The molecule has 13 nitrogen and oxygen atoms in total. The Morgan fingerprint density at radius 1 is 0.754 bits per heavy atom. The highest BCUT2D eigenvalue weighted by atomic mass is 35.5. The number of piperidine rings is 2. The fraction of sp³-hybridized carbons (Fsp3) is 0.442. The van der Waals surface area contributed by atoms with E-state index in [1.165, 1.54) is 0 Å². The highest BCUT2D eigenvalue weighted by Gasteiger charge is 2.45. The maximum absolute atomic E-state index is 13.7. The molecule has 1 spiro atoms. The Kier molecular flexibility index (Phi) is 9.65. The lowest BCUT2D eigenvalue weighted by molar-refractivity contribution is -0.136. The third kappa shape index (κ3) is 6.89. The van der Waals surface area contributed by atoms with E-state index in [9.17, 15) is 29.2 Å². The summed E-state index contributed by atoms with van der Waals surface area (Å²) in [4.78, 5) is 76.6. The molecule has 5 fully saturated rings. The molecule has 0 bridgehead atoms. The van der Waals surface area contributed by atoms with Gasteiger partial charge in [-0.2, -0.15) is 5.26 Å². The molecule has 0 aliphatic carbocycles. The summed E-state index contributed by atoms with van der Waals surface area (Å²) in [5.41, 5.74) is 5.15. The van der Waals surface area contributed by atoms with Crippen molar-refractivity contribution in [3.8, 4) is 6.07 Å². The van der Waals surface area contributed by atoms with Crippen LogP contribution in [-0.4, -0.2) is 122 Å². The van der Waals surface area contributed by atoms with Crippen LogP contribution in [-0.2, 0) is 9.59 Å². The van der Waals surface area contributed by atoms with Crippen LogP contribution in [0.2, 0.25) is 5.02 Å². The first-order chi connectivity index (χ1) is 27.6. The normalized spacial score (nSPS) is 22.7. The van der Waals surface area contributed by atoms with Gasteiger partial charge in [0.15, 0.2) is 0 Å². The highest BCUT2D eigenvalue weighted by Crippen LogP contribution is 2.43. The van der Waals surface area contributed by atoms with Crippen molar-refractivity contribution in [1.82, 2.24) is 20.0 Å². The van der Waals surface area contributed by atoms with E-state index in [4.69, 9.17) is 11.6 Å².